The van der Waals surface area contributed by atoms with Gasteiger partial charge in [0.15, 0.2) is 0 Å². The number of nitrogens with zero attached hydrogens (tertiary/aromatic N) is 5. The van der Waals surface area contributed by atoms with Gasteiger partial charge in [-0.15, -0.1) is 0 Å². The van der Waals surface area contributed by atoms with E-state index in [1.54, 1.807) is 25.4 Å². The second-order valence-electron chi connectivity index (χ2n) is 8.44. The fraction of sp³-hybridized carbons (Fsp3) is 0.320. The van der Waals surface area contributed by atoms with E-state index in [4.69, 9.17) is 0 Å². The number of benzene rings is 2. The molecule has 1 fully saturated rings. The van der Waals surface area contributed by atoms with Crippen LogP contribution in [0.25, 0.3) is 21.8 Å². The highest BCUT2D eigenvalue weighted by molar-refractivity contribution is 6.08. The van der Waals surface area contributed by atoms with Gasteiger partial charge in [0.25, 0.3) is 5.56 Å². The van der Waals surface area contributed by atoms with E-state index in [9.17, 15) is 14.0 Å². The number of rotatable bonds is 4. The van der Waals surface area contributed by atoms with E-state index in [1.165, 1.54) is 16.8 Å². The summed E-state index contributed by atoms with van der Waals surface area (Å²) in [5.74, 6) is -0.247. The molecule has 0 saturated carbocycles. The van der Waals surface area contributed by atoms with Crippen molar-refractivity contribution in [2.45, 2.75) is 19.4 Å². The number of carbonyl (C=O) groups excluding carboxylic acids is 1. The van der Waals surface area contributed by atoms with Crippen molar-refractivity contribution >= 4 is 33.4 Å². The lowest BCUT2D eigenvalue weighted by Gasteiger charge is -2.38. The molecule has 0 aliphatic carbocycles. The molecule has 1 saturated heterocycles. The highest BCUT2D eigenvalue weighted by Gasteiger charge is 2.30. The Labute approximate surface area is 190 Å². The molecule has 33 heavy (non-hydrogen) atoms. The molecule has 2 aromatic carbocycles. The smallest absolute Gasteiger partial charge is 0.291 e. The molecular formula is C25H26FN5O2. The highest BCUT2D eigenvalue weighted by atomic mass is 19.1. The van der Waals surface area contributed by atoms with E-state index >= 15 is 0 Å². The summed E-state index contributed by atoms with van der Waals surface area (Å²) in [5.41, 5.74) is 2.12. The zero-order valence-electron chi connectivity index (χ0n) is 18.7. The van der Waals surface area contributed by atoms with Gasteiger partial charge in [-0.1, -0.05) is 25.1 Å². The van der Waals surface area contributed by atoms with Gasteiger partial charge in [0.2, 0.25) is 5.91 Å². The van der Waals surface area contributed by atoms with Gasteiger partial charge in [-0.05, 0) is 36.8 Å². The minimum Gasteiger partial charge on any atom is -0.368 e. The summed E-state index contributed by atoms with van der Waals surface area (Å²) in [6, 6.07) is 13.7. The van der Waals surface area contributed by atoms with E-state index in [1.807, 2.05) is 40.7 Å². The number of amides is 1. The van der Waals surface area contributed by atoms with Crippen LogP contribution in [0, 0.1) is 5.82 Å². The summed E-state index contributed by atoms with van der Waals surface area (Å²) in [4.78, 5) is 30.8. The van der Waals surface area contributed by atoms with Crippen LogP contribution in [0.3, 0.4) is 0 Å². The minimum atomic E-state index is -0.486. The summed E-state index contributed by atoms with van der Waals surface area (Å²) in [6.07, 6.45) is 2.27. The quantitative estimate of drug-likeness (QED) is 0.482. The molecule has 0 radical (unpaired) electrons. The van der Waals surface area contributed by atoms with Gasteiger partial charge < -0.3 is 14.4 Å². The summed E-state index contributed by atoms with van der Waals surface area (Å²) in [7, 11) is 1.63. The maximum absolute atomic E-state index is 13.7. The zero-order chi connectivity index (χ0) is 23.1. The molecule has 170 valence electrons. The number of piperazine rings is 1. The fourth-order valence-electron chi connectivity index (χ4n) is 4.83. The lowest BCUT2D eigenvalue weighted by molar-refractivity contribution is -0.135. The highest BCUT2D eigenvalue weighted by Crippen LogP contribution is 2.32. The van der Waals surface area contributed by atoms with Gasteiger partial charge in [-0.25, -0.2) is 9.07 Å². The molecule has 8 heteroatoms. The number of para-hydroxylation sites is 1. The van der Waals surface area contributed by atoms with Gasteiger partial charge >= 0.3 is 0 Å². The van der Waals surface area contributed by atoms with Crippen molar-refractivity contribution in [3.8, 4) is 0 Å². The molecule has 0 N–H and O–H groups in total. The van der Waals surface area contributed by atoms with Crippen LogP contribution >= 0.6 is 0 Å². The van der Waals surface area contributed by atoms with Crippen LogP contribution in [0.5, 0.6) is 0 Å². The largest absolute Gasteiger partial charge is 0.368 e. The molecule has 7 nitrogen and oxygen atoms in total. The molecule has 1 aliphatic rings. The molecule has 1 amide bonds. The number of carbonyl (C=O) groups is 1. The first-order chi connectivity index (χ1) is 16.0. The molecular weight excluding hydrogens is 421 g/mol. The van der Waals surface area contributed by atoms with E-state index in [-0.39, 0.29) is 17.3 Å². The molecule has 2 aromatic heterocycles. The Kier molecular flexibility index (Phi) is 5.36. The summed E-state index contributed by atoms with van der Waals surface area (Å²) >= 11 is 0. The molecule has 5 rings (SSSR count). The predicted molar refractivity (Wildman–Crippen MR) is 127 cm³/mol. The molecule has 3 heterocycles. The van der Waals surface area contributed by atoms with Gasteiger partial charge in [0.1, 0.15) is 17.4 Å². The number of anilines is 1. The van der Waals surface area contributed by atoms with Crippen LogP contribution in [0.4, 0.5) is 10.1 Å². The summed E-state index contributed by atoms with van der Waals surface area (Å²) in [6.45, 7) is 4.47. The standard InChI is InChI=1S/C25H26FN5O2/c1-3-21(24(32)30-14-12-29(13-15-30)18-10-8-17(26)9-11-18)31-22-7-5-4-6-19(22)20-16-27-28(2)25(33)23(20)31/h4-11,16,21H,3,12-15H2,1-2H3. The number of fused-ring (bicyclic) bond motifs is 3. The van der Waals surface area contributed by atoms with E-state index in [0.717, 1.165) is 22.0 Å². The second kappa shape index (κ2) is 8.35. The lowest BCUT2D eigenvalue weighted by Crippen LogP contribution is -2.50. The third-order valence-electron chi connectivity index (χ3n) is 6.57. The monoisotopic (exact) mass is 447 g/mol. The van der Waals surface area contributed by atoms with Crippen LogP contribution in [0.2, 0.25) is 0 Å². The van der Waals surface area contributed by atoms with Crippen molar-refractivity contribution in [3.63, 3.8) is 0 Å². The van der Waals surface area contributed by atoms with E-state index in [0.29, 0.717) is 38.1 Å². The van der Waals surface area contributed by atoms with E-state index < -0.39 is 6.04 Å². The first kappa shape index (κ1) is 21.2. The van der Waals surface area contributed by atoms with Crippen LogP contribution in [0.15, 0.2) is 59.5 Å². The molecule has 0 spiro atoms. The van der Waals surface area contributed by atoms with Crippen molar-refractivity contribution in [3.05, 3.63) is 70.9 Å². The first-order valence-corrected chi connectivity index (χ1v) is 11.2. The number of hydrogen-bond acceptors (Lipinski definition) is 4. The molecule has 0 bridgehead atoms. The maximum atomic E-state index is 13.7. The Morgan fingerprint density at radius 3 is 2.42 bits per heavy atom. The molecule has 1 unspecified atom stereocenters. The topological polar surface area (TPSA) is 63.4 Å². The zero-order valence-corrected chi connectivity index (χ0v) is 18.7. The van der Waals surface area contributed by atoms with Crippen molar-refractivity contribution in [1.29, 1.82) is 0 Å². The Hall–Kier alpha value is -3.68. The lowest BCUT2D eigenvalue weighted by atomic mass is 10.1. The van der Waals surface area contributed by atoms with Crippen LogP contribution in [0.1, 0.15) is 19.4 Å². The summed E-state index contributed by atoms with van der Waals surface area (Å²) in [5, 5.41) is 5.89. The average molecular weight is 448 g/mol. The Balaban J connectivity index is 1.48. The van der Waals surface area contributed by atoms with E-state index in [2.05, 4.69) is 10.00 Å². The molecule has 1 atom stereocenters. The Morgan fingerprint density at radius 2 is 1.73 bits per heavy atom. The van der Waals surface area contributed by atoms with Crippen LogP contribution in [-0.4, -0.2) is 51.3 Å². The predicted octanol–water partition coefficient (Wildman–Crippen LogP) is 3.33. The Bertz CT molecular complexity index is 1380. The molecule has 4 aromatic rings. The third kappa shape index (κ3) is 3.55. The molecule has 1 aliphatic heterocycles. The number of aromatic nitrogens is 3. The Morgan fingerprint density at radius 1 is 1.03 bits per heavy atom. The number of halogens is 1. The van der Waals surface area contributed by atoms with Crippen LogP contribution in [-0.2, 0) is 11.8 Å². The fourth-order valence-corrected chi connectivity index (χ4v) is 4.83. The van der Waals surface area contributed by atoms with Crippen molar-refractivity contribution in [2.75, 3.05) is 31.1 Å². The number of aryl methyl sites for hydroxylation is 1. The van der Waals surface area contributed by atoms with Crippen molar-refractivity contribution in [2.24, 2.45) is 7.05 Å². The van der Waals surface area contributed by atoms with Gasteiger partial charge in [0, 0.05) is 49.7 Å². The van der Waals surface area contributed by atoms with Crippen LogP contribution < -0.4 is 10.5 Å². The average Bonchev–Trinajstić information content (AvgIpc) is 3.17. The summed E-state index contributed by atoms with van der Waals surface area (Å²) < 4.78 is 16.5. The maximum Gasteiger partial charge on any atom is 0.291 e. The van der Waals surface area contributed by atoms with Gasteiger partial charge in [-0.3, -0.25) is 9.59 Å². The van der Waals surface area contributed by atoms with Gasteiger partial charge in [0.05, 0.1) is 11.7 Å². The second-order valence-corrected chi connectivity index (χ2v) is 8.44. The minimum absolute atomic E-state index is 0.0118. The third-order valence-corrected chi connectivity index (χ3v) is 6.57. The normalized spacial score (nSPS) is 15.4. The first-order valence-electron chi connectivity index (χ1n) is 11.2. The van der Waals surface area contributed by atoms with Crippen molar-refractivity contribution in [1.82, 2.24) is 19.2 Å². The number of hydrogen-bond donors (Lipinski definition) is 0. The van der Waals surface area contributed by atoms with Gasteiger partial charge in [-0.2, -0.15) is 5.10 Å². The van der Waals surface area contributed by atoms with Crippen molar-refractivity contribution < 1.29 is 9.18 Å². The SMILES string of the molecule is CCC(C(=O)N1CCN(c2ccc(F)cc2)CC1)n1c2ccccc2c2cnn(C)c(=O)c21.